The van der Waals surface area contributed by atoms with Gasteiger partial charge in [-0.05, 0) is 18.2 Å². The van der Waals surface area contributed by atoms with Gasteiger partial charge in [0.1, 0.15) is 5.75 Å². The standard InChI is InChI=1S/C16H18ClN3O6/c1-9(21)18-19-14(22)8-26-16(24)10-5-15(23)20(7-10)12-6-11(17)3-4-13(12)25-2/h3-4,6,10H,5,7-8H2,1-2H3,(H,18,21)(H,19,22)/t10-/m1/s1. The number of nitrogens with one attached hydrogen (secondary N) is 2. The molecule has 1 heterocycles. The minimum absolute atomic E-state index is 0.0538. The van der Waals surface area contributed by atoms with Gasteiger partial charge in [-0.1, -0.05) is 11.6 Å². The maximum Gasteiger partial charge on any atom is 0.311 e. The van der Waals surface area contributed by atoms with E-state index < -0.39 is 30.3 Å². The van der Waals surface area contributed by atoms with Crippen molar-refractivity contribution in [3.05, 3.63) is 23.2 Å². The van der Waals surface area contributed by atoms with Crippen LogP contribution < -0.4 is 20.5 Å². The molecule has 0 saturated carbocycles. The number of methoxy groups -OCH3 is 1. The van der Waals surface area contributed by atoms with Crippen molar-refractivity contribution >= 4 is 41.0 Å². The number of anilines is 1. The zero-order valence-corrected chi connectivity index (χ0v) is 15.0. The van der Waals surface area contributed by atoms with Crippen molar-refractivity contribution in [3.8, 4) is 5.75 Å². The Hall–Kier alpha value is -2.81. The zero-order valence-electron chi connectivity index (χ0n) is 14.2. The Morgan fingerprint density at radius 3 is 2.69 bits per heavy atom. The Balaban J connectivity index is 1.97. The van der Waals surface area contributed by atoms with E-state index in [1.807, 2.05) is 0 Å². The maximum absolute atomic E-state index is 12.3. The number of rotatable bonds is 5. The van der Waals surface area contributed by atoms with Crippen molar-refractivity contribution in [1.82, 2.24) is 10.9 Å². The smallest absolute Gasteiger partial charge is 0.311 e. The molecular formula is C16H18ClN3O6. The second kappa shape index (κ2) is 8.52. The molecule has 0 radical (unpaired) electrons. The van der Waals surface area contributed by atoms with E-state index in [1.165, 1.54) is 18.9 Å². The summed E-state index contributed by atoms with van der Waals surface area (Å²) in [6, 6.07) is 4.83. The van der Waals surface area contributed by atoms with Crippen molar-refractivity contribution in [2.75, 3.05) is 25.2 Å². The number of hydrazine groups is 1. The minimum Gasteiger partial charge on any atom is -0.495 e. The number of amides is 3. The highest BCUT2D eigenvalue weighted by molar-refractivity contribution is 6.31. The van der Waals surface area contributed by atoms with Crippen LogP contribution in [0.15, 0.2) is 18.2 Å². The number of halogens is 1. The second-order valence-electron chi connectivity index (χ2n) is 5.56. The number of hydrogen-bond donors (Lipinski definition) is 2. The van der Waals surface area contributed by atoms with E-state index in [9.17, 15) is 19.2 Å². The van der Waals surface area contributed by atoms with Crippen molar-refractivity contribution in [2.24, 2.45) is 5.92 Å². The summed E-state index contributed by atoms with van der Waals surface area (Å²) < 4.78 is 10.1. The minimum atomic E-state index is -0.722. The average Bonchev–Trinajstić information content (AvgIpc) is 2.99. The highest BCUT2D eigenvalue weighted by atomic mass is 35.5. The Bertz CT molecular complexity index is 739. The van der Waals surface area contributed by atoms with Gasteiger partial charge in [0.25, 0.3) is 5.91 Å². The summed E-state index contributed by atoms with van der Waals surface area (Å²) in [7, 11) is 1.47. The molecule has 0 bridgehead atoms. The van der Waals surface area contributed by atoms with Crippen LogP contribution >= 0.6 is 11.6 Å². The summed E-state index contributed by atoms with van der Waals surface area (Å²) in [5.41, 5.74) is 4.60. The number of hydrogen-bond acceptors (Lipinski definition) is 6. The fraction of sp³-hybridized carbons (Fsp3) is 0.375. The van der Waals surface area contributed by atoms with Gasteiger partial charge in [-0.3, -0.25) is 30.0 Å². The predicted molar refractivity (Wildman–Crippen MR) is 91.4 cm³/mol. The third-order valence-corrected chi connectivity index (χ3v) is 3.85. The van der Waals surface area contributed by atoms with Crippen LogP contribution in [0.25, 0.3) is 0 Å². The summed E-state index contributed by atoms with van der Waals surface area (Å²) in [5, 5.41) is 0.425. The Morgan fingerprint density at radius 1 is 1.31 bits per heavy atom. The van der Waals surface area contributed by atoms with Crippen LogP contribution in [0.5, 0.6) is 5.75 Å². The van der Waals surface area contributed by atoms with Crippen molar-refractivity contribution in [3.63, 3.8) is 0 Å². The van der Waals surface area contributed by atoms with E-state index in [2.05, 4.69) is 10.9 Å². The highest BCUT2D eigenvalue weighted by Crippen LogP contribution is 2.35. The van der Waals surface area contributed by atoms with E-state index in [4.69, 9.17) is 21.1 Å². The van der Waals surface area contributed by atoms with E-state index in [-0.39, 0.29) is 18.9 Å². The summed E-state index contributed by atoms with van der Waals surface area (Å²) in [6.45, 7) is 0.737. The SMILES string of the molecule is COc1ccc(Cl)cc1N1C[C@H](C(=O)OCC(=O)NNC(C)=O)CC1=O. The molecule has 3 amide bonds. The van der Waals surface area contributed by atoms with E-state index >= 15 is 0 Å². The topological polar surface area (TPSA) is 114 Å². The molecule has 1 aliphatic rings. The lowest BCUT2D eigenvalue weighted by Crippen LogP contribution is -2.42. The molecule has 1 aromatic carbocycles. The fourth-order valence-electron chi connectivity index (χ4n) is 2.42. The molecule has 0 aliphatic carbocycles. The van der Waals surface area contributed by atoms with Gasteiger partial charge in [0, 0.05) is 24.9 Å². The first-order valence-corrected chi connectivity index (χ1v) is 8.05. The molecule has 1 atom stereocenters. The monoisotopic (exact) mass is 383 g/mol. The normalized spacial score (nSPS) is 16.2. The molecule has 0 spiro atoms. The van der Waals surface area contributed by atoms with Gasteiger partial charge < -0.3 is 14.4 Å². The largest absolute Gasteiger partial charge is 0.495 e. The van der Waals surface area contributed by atoms with Crippen LogP contribution in [0.3, 0.4) is 0 Å². The first-order valence-electron chi connectivity index (χ1n) is 7.67. The molecule has 1 aromatic rings. The van der Waals surface area contributed by atoms with E-state index in [0.29, 0.717) is 16.5 Å². The Kier molecular flexibility index (Phi) is 6.40. The maximum atomic E-state index is 12.3. The lowest BCUT2D eigenvalue weighted by molar-refractivity contribution is -0.152. The van der Waals surface area contributed by atoms with Crippen LogP contribution in [0, 0.1) is 5.92 Å². The molecule has 1 aliphatic heterocycles. The number of esters is 1. The molecule has 0 unspecified atom stereocenters. The number of ether oxygens (including phenoxy) is 2. The first-order chi connectivity index (χ1) is 12.3. The lowest BCUT2D eigenvalue weighted by atomic mass is 10.1. The summed E-state index contributed by atoms with van der Waals surface area (Å²) >= 11 is 5.98. The van der Waals surface area contributed by atoms with Crippen molar-refractivity contribution < 1.29 is 28.7 Å². The van der Waals surface area contributed by atoms with Crippen molar-refractivity contribution in [1.29, 1.82) is 0 Å². The van der Waals surface area contributed by atoms with Crippen LogP contribution in [0.4, 0.5) is 5.69 Å². The molecule has 26 heavy (non-hydrogen) atoms. The molecule has 1 fully saturated rings. The van der Waals surface area contributed by atoms with Gasteiger partial charge in [0.05, 0.1) is 18.7 Å². The lowest BCUT2D eigenvalue weighted by Gasteiger charge is -2.19. The molecule has 0 aromatic heterocycles. The van der Waals surface area contributed by atoms with Crippen molar-refractivity contribution in [2.45, 2.75) is 13.3 Å². The number of carbonyl (C=O) groups excluding carboxylic acids is 4. The summed E-state index contributed by atoms with van der Waals surface area (Å²) in [4.78, 5) is 47.9. The first kappa shape index (κ1) is 19.5. The summed E-state index contributed by atoms with van der Waals surface area (Å²) in [6.07, 6.45) is -0.0538. The highest BCUT2D eigenvalue weighted by Gasteiger charge is 2.37. The Morgan fingerprint density at radius 2 is 2.04 bits per heavy atom. The van der Waals surface area contributed by atoms with E-state index in [0.717, 1.165) is 0 Å². The zero-order chi connectivity index (χ0) is 19.3. The Labute approximate surface area is 154 Å². The third kappa shape index (κ3) is 4.85. The van der Waals surface area contributed by atoms with Gasteiger partial charge in [0.15, 0.2) is 6.61 Å². The number of benzene rings is 1. The molecule has 2 N–H and O–H groups in total. The van der Waals surface area contributed by atoms with Gasteiger partial charge in [-0.2, -0.15) is 0 Å². The van der Waals surface area contributed by atoms with Gasteiger partial charge in [-0.25, -0.2) is 0 Å². The van der Waals surface area contributed by atoms with Crippen LogP contribution in [0.1, 0.15) is 13.3 Å². The molecule has 2 rings (SSSR count). The van der Waals surface area contributed by atoms with Crippen LogP contribution in [-0.4, -0.2) is 44.0 Å². The quantitative estimate of drug-likeness (QED) is 0.562. The number of nitrogens with zero attached hydrogens (tertiary/aromatic N) is 1. The van der Waals surface area contributed by atoms with Gasteiger partial charge in [-0.15, -0.1) is 0 Å². The van der Waals surface area contributed by atoms with Gasteiger partial charge >= 0.3 is 5.97 Å². The van der Waals surface area contributed by atoms with Crippen LogP contribution in [0.2, 0.25) is 5.02 Å². The van der Waals surface area contributed by atoms with Crippen LogP contribution in [-0.2, 0) is 23.9 Å². The predicted octanol–water partition coefficient (Wildman–Crippen LogP) is 0.412. The molecule has 140 valence electrons. The van der Waals surface area contributed by atoms with Gasteiger partial charge in [0.2, 0.25) is 11.8 Å². The van der Waals surface area contributed by atoms with E-state index in [1.54, 1.807) is 18.2 Å². The average molecular weight is 384 g/mol. The number of carbonyl (C=O) groups is 4. The second-order valence-corrected chi connectivity index (χ2v) is 6.00. The summed E-state index contributed by atoms with van der Waals surface area (Å²) in [5.74, 6) is -2.38. The molecule has 10 heteroatoms. The third-order valence-electron chi connectivity index (χ3n) is 3.61. The molecule has 9 nitrogen and oxygen atoms in total. The molecular weight excluding hydrogens is 366 g/mol. The molecule has 1 saturated heterocycles. The fourth-order valence-corrected chi connectivity index (χ4v) is 2.59.